The molecule has 1 N–H and O–H groups in total. The average molecular weight is 422 g/mol. The largest absolute Gasteiger partial charge is 0.320 e. The number of para-hydroxylation sites is 1. The van der Waals surface area contributed by atoms with Crippen LogP contribution in [0.5, 0.6) is 0 Å². The number of halogens is 2. The van der Waals surface area contributed by atoms with E-state index < -0.39 is 0 Å². The Morgan fingerprint density at radius 1 is 1.23 bits per heavy atom. The molecule has 0 atom stereocenters. The molecule has 0 spiro atoms. The minimum absolute atomic E-state index is 0.330. The SMILES string of the molecule is O=C(Nc1ccccc1Sc1nncs1)c1sc2cc(F)ccc2c1Cl. The zero-order valence-electron chi connectivity index (χ0n) is 12.9. The van der Waals surface area contributed by atoms with Crippen LogP contribution in [0.2, 0.25) is 5.02 Å². The van der Waals surface area contributed by atoms with E-state index in [4.69, 9.17) is 11.6 Å². The lowest BCUT2D eigenvalue weighted by Crippen LogP contribution is -2.11. The van der Waals surface area contributed by atoms with Gasteiger partial charge in [-0.1, -0.05) is 46.8 Å². The number of aromatic nitrogens is 2. The van der Waals surface area contributed by atoms with Gasteiger partial charge in [-0.3, -0.25) is 4.79 Å². The molecule has 1 amide bonds. The number of nitrogens with one attached hydrogen (secondary N) is 1. The number of fused-ring (bicyclic) bond motifs is 1. The molecule has 0 saturated carbocycles. The molecule has 0 fully saturated rings. The monoisotopic (exact) mass is 421 g/mol. The summed E-state index contributed by atoms with van der Waals surface area (Å²) in [5.74, 6) is -0.692. The first kappa shape index (κ1) is 17.4. The van der Waals surface area contributed by atoms with Gasteiger partial charge in [-0.15, -0.1) is 21.5 Å². The zero-order chi connectivity index (χ0) is 18.1. The second-order valence-electron chi connectivity index (χ2n) is 5.14. The number of benzene rings is 2. The van der Waals surface area contributed by atoms with Crippen molar-refractivity contribution in [1.82, 2.24) is 10.2 Å². The molecule has 0 aliphatic rings. The predicted molar refractivity (Wildman–Crippen MR) is 105 cm³/mol. The van der Waals surface area contributed by atoms with E-state index >= 15 is 0 Å². The fraction of sp³-hybridized carbons (Fsp3) is 0. The van der Waals surface area contributed by atoms with E-state index in [-0.39, 0.29) is 11.7 Å². The molecule has 0 unspecified atom stereocenters. The molecule has 4 aromatic rings. The first-order valence-corrected chi connectivity index (χ1v) is 10.2. The molecule has 2 aromatic carbocycles. The Hall–Kier alpha value is -2.00. The minimum Gasteiger partial charge on any atom is -0.320 e. The van der Waals surface area contributed by atoms with Crippen molar-refractivity contribution in [2.45, 2.75) is 9.24 Å². The van der Waals surface area contributed by atoms with Gasteiger partial charge in [0.05, 0.1) is 10.7 Å². The third-order valence-corrected chi connectivity index (χ3v) is 6.98. The summed E-state index contributed by atoms with van der Waals surface area (Å²) in [5.41, 5.74) is 2.30. The summed E-state index contributed by atoms with van der Waals surface area (Å²) in [6.45, 7) is 0. The van der Waals surface area contributed by atoms with Crippen LogP contribution < -0.4 is 5.32 Å². The third kappa shape index (κ3) is 3.45. The van der Waals surface area contributed by atoms with Crippen LogP contribution >= 0.6 is 46.0 Å². The Bertz CT molecular complexity index is 1100. The summed E-state index contributed by atoms with van der Waals surface area (Å²) in [7, 11) is 0. The summed E-state index contributed by atoms with van der Waals surface area (Å²) in [5, 5.41) is 11.7. The molecule has 0 aliphatic heterocycles. The fourth-order valence-electron chi connectivity index (χ4n) is 2.32. The van der Waals surface area contributed by atoms with Crippen LogP contribution in [-0.2, 0) is 0 Å². The smallest absolute Gasteiger partial charge is 0.267 e. The quantitative estimate of drug-likeness (QED) is 0.442. The lowest BCUT2D eigenvalue weighted by atomic mass is 10.2. The van der Waals surface area contributed by atoms with Crippen molar-refractivity contribution in [1.29, 1.82) is 0 Å². The van der Waals surface area contributed by atoms with Crippen LogP contribution in [0.4, 0.5) is 10.1 Å². The van der Waals surface area contributed by atoms with E-state index in [0.717, 1.165) is 9.24 Å². The number of nitrogens with zero attached hydrogens (tertiary/aromatic N) is 2. The molecule has 4 rings (SSSR count). The van der Waals surface area contributed by atoms with Crippen LogP contribution in [-0.4, -0.2) is 16.1 Å². The van der Waals surface area contributed by atoms with Crippen molar-refractivity contribution < 1.29 is 9.18 Å². The van der Waals surface area contributed by atoms with Gasteiger partial charge >= 0.3 is 0 Å². The average Bonchev–Trinajstić information content (AvgIpc) is 3.24. The molecule has 9 heteroatoms. The molecule has 0 saturated heterocycles. The van der Waals surface area contributed by atoms with E-state index in [0.29, 0.717) is 25.7 Å². The number of rotatable bonds is 4. The normalized spacial score (nSPS) is 11.0. The van der Waals surface area contributed by atoms with Crippen molar-refractivity contribution in [2.75, 3.05) is 5.32 Å². The van der Waals surface area contributed by atoms with Gasteiger partial charge in [0, 0.05) is 15.0 Å². The highest BCUT2D eigenvalue weighted by molar-refractivity contribution is 8.01. The number of amides is 1. The summed E-state index contributed by atoms with van der Waals surface area (Å²) in [6, 6.07) is 11.7. The number of hydrogen-bond donors (Lipinski definition) is 1. The lowest BCUT2D eigenvalue weighted by Gasteiger charge is -2.08. The second-order valence-corrected chi connectivity index (χ2v) is 8.70. The Morgan fingerprint density at radius 2 is 2.08 bits per heavy atom. The molecule has 0 radical (unpaired) electrons. The first-order chi connectivity index (χ1) is 12.6. The molecule has 4 nitrogen and oxygen atoms in total. The Kier molecular flexibility index (Phi) is 4.90. The Balaban J connectivity index is 1.64. The van der Waals surface area contributed by atoms with Crippen molar-refractivity contribution in [3.63, 3.8) is 0 Å². The maximum atomic E-state index is 13.4. The number of thiophene rings is 1. The summed E-state index contributed by atoms with van der Waals surface area (Å²) in [6.07, 6.45) is 0. The molecule has 0 bridgehead atoms. The van der Waals surface area contributed by atoms with Crippen molar-refractivity contribution >= 4 is 67.7 Å². The fourth-order valence-corrected chi connectivity index (χ4v) is 5.28. The summed E-state index contributed by atoms with van der Waals surface area (Å²) >= 11 is 10.3. The Morgan fingerprint density at radius 3 is 2.88 bits per heavy atom. The highest BCUT2D eigenvalue weighted by Crippen LogP contribution is 2.38. The van der Waals surface area contributed by atoms with Gasteiger partial charge in [0.15, 0.2) is 4.34 Å². The standard InChI is InChI=1S/C17H9ClFN3OS3/c18-14-10-6-5-9(19)7-13(10)25-15(14)16(23)21-11-3-1-2-4-12(11)26-17-22-20-8-24-17/h1-8H,(H,21,23). The number of carbonyl (C=O) groups is 1. The van der Waals surface area contributed by atoms with Gasteiger partial charge in [-0.05, 0) is 30.3 Å². The maximum Gasteiger partial charge on any atom is 0.267 e. The van der Waals surface area contributed by atoms with Crippen molar-refractivity contribution in [2.24, 2.45) is 0 Å². The van der Waals surface area contributed by atoms with Gasteiger partial charge in [0.25, 0.3) is 5.91 Å². The highest BCUT2D eigenvalue weighted by Gasteiger charge is 2.19. The van der Waals surface area contributed by atoms with Gasteiger partial charge in [0.2, 0.25) is 0 Å². The lowest BCUT2D eigenvalue weighted by molar-refractivity contribution is 0.103. The molecule has 26 heavy (non-hydrogen) atoms. The Labute approximate surface area is 165 Å². The number of carbonyl (C=O) groups excluding carboxylic acids is 1. The second kappa shape index (κ2) is 7.32. The van der Waals surface area contributed by atoms with Gasteiger partial charge in [-0.2, -0.15) is 0 Å². The van der Waals surface area contributed by atoms with Gasteiger partial charge in [-0.25, -0.2) is 4.39 Å². The zero-order valence-corrected chi connectivity index (χ0v) is 16.1. The third-order valence-electron chi connectivity index (χ3n) is 3.47. The molecule has 130 valence electrons. The van der Waals surface area contributed by atoms with Gasteiger partial charge < -0.3 is 5.32 Å². The van der Waals surface area contributed by atoms with Crippen molar-refractivity contribution in [3.8, 4) is 0 Å². The van der Waals surface area contributed by atoms with Crippen LogP contribution in [0, 0.1) is 5.82 Å². The topological polar surface area (TPSA) is 54.9 Å². The van der Waals surface area contributed by atoms with Crippen LogP contribution in [0.25, 0.3) is 10.1 Å². The van der Waals surface area contributed by atoms with Gasteiger partial charge in [0.1, 0.15) is 16.2 Å². The highest BCUT2D eigenvalue weighted by atomic mass is 35.5. The van der Waals surface area contributed by atoms with E-state index in [9.17, 15) is 9.18 Å². The van der Waals surface area contributed by atoms with Crippen molar-refractivity contribution in [3.05, 3.63) is 63.7 Å². The summed E-state index contributed by atoms with van der Waals surface area (Å²) < 4.78 is 14.8. The van der Waals surface area contributed by atoms with Crippen LogP contribution in [0.3, 0.4) is 0 Å². The van der Waals surface area contributed by atoms with E-state index in [1.165, 1.54) is 46.6 Å². The molecule has 0 aliphatic carbocycles. The van der Waals surface area contributed by atoms with Crippen LogP contribution in [0.1, 0.15) is 9.67 Å². The number of anilines is 1. The predicted octanol–water partition coefficient (Wildman–Crippen LogP) is 5.95. The van der Waals surface area contributed by atoms with E-state index in [1.807, 2.05) is 24.3 Å². The van der Waals surface area contributed by atoms with E-state index in [1.54, 1.807) is 11.6 Å². The molecular formula is C17H9ClFN3OS3. The first-order valence-electron chi connectivity index (χ1n) is 7.34. The molecule has 2 heterocycles. The number of hydrogen-bond acceptors (Lipinski definition) is 6. The van der Waals surface area contributed by atoms with Crippen LogP contribution in [0.15, 0.2) is 57.2 Å². The molecule has 2 aromatic heterocycles. The summed E-state index contributed by atoms with van der Waals surface area (Å²) in [4.78, 5) is 13.9. The minimum atomic E-state index is -0.360. The molecular weight excluding hydrogens is 413 g/mol. The maximum absolute atomic E-state index is 13.4. The van der Waals surface area contributed by atoms with E-state index in [2.05, 4.69) is 15.5 Å².